The van der Waals surface area contributed by atoms with E-state index in [4.69, 9.17) is 5.73 Å². The van der Waals surface area contributed by atoms with Gasteiger partial charge in [-0.1, -0.05) is 6.07 Å². The van der Waals surface area contributed by atoms with E-state index in [0.29, 0.717) is 43.3 Å². The molecule has 0 atom stereocenters. The minimum atomic E-state index is -0.479. The van der Waals surface area contributed by atoms with Crippen molar-refractivity contribution in [2.24, 2.45) is 5.73 Å². The maximum atomic E-state index is 12.6. The molecule has 0 spiro atoms. The van der Waals surface area contributed by atoms with Gasteiger partial charge in [-0.05, 0) is 54.7 Å². The molecule has 1 aromatic heterocycles. The fraction of sp³-hybridized carbons (Fsp3) is 0.381. The van der Waals surface area contributed by atoms with Gasteiger partial charge in [0.05, 0.1) is 11.3 Å². The van der Waals surface area contributed by atoms with Gasteiger partial charge in [0, 0.05) is 37.3 Å². The highest BCUT2D eigenvalue weighted by Gasteiger charge is 2.24. The van der Waals surface area contributed by atoms with E-state index >= 15 is 0 Å². The lowest BCUT2D eigenvalue weighted by Gasteiger charge is -2.36. The van der Waals surface area contributed by atoms with Crippen LogP contribution in [0.15, 0.2) is 41.4 Å². The van der Waals surface area contributed by atoms with Gasteiger partial charge in [0.25, 0.3) is 5.91 Å². The topological polar surface area (TPSA) is 79.5 Å². The molecule has 0 unspecified atom stereocenters. The Morgan fingerprint density at radius 3 is 2.64 bits per heavy atom. The smallest absolute Gasteiger partial charge is 0.252 e. The first-order chi connectivity index (χ1) is 13.6. The number of primary amides is 1. The number of rotatable bonds is 5. The molecule has 0 radical (unpaired) electrons. The number of carbonyl (C=O) groups is 2. The summed E-state index contributed by atoms with van der Waals surface area (Å²) in [7, 11) is 0. The molecule has 1 saturated heterocycles. The van der Waals surface area contributed by atoms with Gasteiger partial charge in [0.2, 0.25) is 5.91 Å². The number of fused-ring (bicyclic) bond motifs is 1. The van der Waals surface area contributed by atoms with Gasteiger partial charge in [-0.25, -0.2) is 4.98 Å². The lowest BCUT2D eigenvalue weighted by Crippen LogP contribution is -2.50. The van der Waals surface area contributed by atoms with E-state index in [9.17, 15) is 9.59 Å². The van der Waals surface area contributed by atoms with Crippen molar-refractivity contribution in [3.63, 3.8) is 0 Å². The van der Waals surface area contributed by atoms with Gasteiger partial charge in [-0.15, -0.1) is 11.8 Å². The van der Waals surface area contributed by atoms with Crippen LogP contribution < -0.4 is 10.6 Å². The maximum Gasteiger partial charge on any atom is 0.252 e. The second-order valence-electron chi connectivity index (χ2n) is 7.18. The SMILES string of the molecule is NC(=O)c1cccnc1N1CCN(C(=O)CSc2ccc3c(c2)CCC3)CC1. The van der Waals surface area contributed by atoms with Gasteiger partial charge < -0.3 is 15.5 Å². The van der Waals surface area contributed by atoms with Crippen LogP contribution in [-0.2, 0) is 17.6 Å². The minimum absolute atomic E-state index is 0.154. The van der Waals surface area contributed by atoms with Crippen LogP contribution >= 0.6 is 11.8 Å². The first-order valence-electron chi connectivity index (χ1n) is 9.64. The number of nitrogens with two attached hydrogens (primary N) is 1. The molecule has 2 aromatic rings. The molecule has 28 heavy (non-hydrogen) atoms. The first kappa shape index (κ1) is 18.8. The van der Waals surface area contributed by atoms with Crippen LogP contribution in [-0.4, -0.2) is 53.6 Å². The Balaban J connectivity index is 1.31. The average molecular weight is 397 g/mol. The van der Waals surface area contributed by atoms with Gasteiger partial charge in [0.1, 0.15) is 5.82 Å². The third kappa shape index (κ3) is 3.99. The summed E-state index contributed by atoms with van der Waals surface area (Å²) in [4.78, 5) is 33.6. The summed E-state index contributed by atoms with van der Waals surface area (Å²) in [6.07, 6.45) is 5.23. The van der Waals surface area contributed by atoms with Crippen molar-refractivity contribution in [2.75, 3.05) is 36.8 Å². The highest BCUT2D eigenvalue weighted by molar-refractivity contribution is 8.00. The van der Waals surface area contributed by atoms with E-state index < -0.39 is 5.91 Å². The lowest BCUT2D eigenvalue weighted by atomic mass is 10.1. The molecule has 146 valence electrons. The summed E-state index contributed by atoms with van der Waals surface area (Å²) in [5.41, 5.74) is 8.77. The number of hydrogen-bond donors (Lipinski definition) is 1. The van der Waals surface area contributed by atoms with Crippen molar-refractivity contribution in [2.45, 2.75) is 24.2 Å². The number of carbonyl (C=O) groups excluding carboxylic acids is 2. The molecule has 0 saturated carbocycles. The third-order valence-electron chi connectivity index (χ3n) is 5.42. The molecule has 2 N–H and O–H groups in total. The summed E-state index contributed by atoms with van der Waals surface area (Å²) in [6, 6.07) is 9.98. The molecule has 0 bridgehead atoms. The van der Waals surface area contributed by atoms with Crippen molar-refractivity contribution in [3.05, 3.63) is 53.2 Å². The molecule has 1 aliphatic heterocycles. The highest BCUT2D eigenvalue weighted by atomic mass is 32.2. The van der Waals surface area contributed by atoms with Crippen LogP contribution in [0.4, 0.5) is 5.82 Å². The van der Waals surface area contributed by atoms with E-state index in [0.717, 1.165) is 6.42 Å². The van der Waals surface area contributed by atoms with Crippen LogP contribution in [0.3, 0.4) is 0 Å². The molecule has 1 aromatic carbocycles. The Labute approximate surface area is 169 Å². The fourth-order valence-electron chi connectivity index (χ4n) is 3.88. The molecule has 2 heterocycles. The van der Waals surface area contributed by atoms with E-state index in [1.807, 2.05) is 9.80 Å². The summed E-state index contributed by atoms with van der Waals surface area (Å²) in [5.74, 6) is 0.734. The van der Waals surface area contributed by atoms with Crippen LogP contribution in [0.1, 0.15) is 27.9 Å². The molecule has 1 fully saturated rings. The second kappa shape index (κ2) is 8.22. The number of pyridine rings is 1. The Hall–Kier alpha value is -2.54. The number of thioether (sulfide) groups is 1. The van der Waals surface area contributed by atoms with Crippen LogP contribution in [0.5, 0.6) is 0 Å². The van der Waals surface area contributed by atoms with Crippen molar-refractivity contribution < 1.29 is 9.59 Å². The zero-order valence-corrected chi connectivity index (χ0v) is 16.6. The maximum absolute atomic E-state index is 12.6. The number of aromatic nitrogens is 1. The second-order valence-corrected chi connectivity index (χ2v) is 8.23. The number of anilines is 1. The fourth-order valence-corrected chi connectivity index (χ4v) is 4.75. The molecule has 2 amide bonds. The summed E-state index contributed by atoms with van der Waals surface area (Å²) >= 11 is 1.61. The summed E-state index contributed by atoms with van der Waals surface area (Å²) in [6.45, 7) is 2.54. The molecule has 2 aliphatic rings. The van der Waals surface area contributed by atoms with E-state index in [1.165, 1.54) is 28.9 Å². The largest absolute Gasteiger partial charge is 0.365 e. The molecule has 1 aliphatic carbocycles. The van der Waals surface area contributed by atoms with Crippen LogP contribution in [0, 0.1) is 0 Å². The minimum Gasteiger partial charge on any atom is -0.365 e. The van der Waals surface area contributed by atoms with Crippen molar-refractivity contribution in [3.8, 4) is 0 Å². The van der Waals surface area contributed by atoms with Crippen LogP contribution in [0.25, 0.3) is 0 Å². The highest BCUT2D eigenvalue weighted by Crippen LogP contribution is 2.28. The predicted molar refractivity (Wildman–Crippen MR) is 111 cm³/mol. The van der Waals surface area contributed by atoms with E-state index in [1.54, 1.807) is 30.1 Å². The zero-order valence-electron chi connectivity index (χ0n) is 15.8. The van der Waals surface area contributed by atoms with Crippen molar-refractivity contribution in [1.82, 2.24) is 9.88 Å². The van der Waals surface area contributed by atoms with Gasteiger partial charge in [-0.2, -0.15) is 0 Å². The average Bonchev–Trinajstić information content (AvgIpc) is 3.20. The van der Waals surface area contributed by atoms with Crippen molar-refractivity contribution >= 4 is 29.4 Å². The zero-order chi connectivity index (χ0) is 19.5. The Bertz CT molecular complexity index is 894. The quantitative estimate of drug-likeness (QED) is 0.783. The summed E-state index contributed by atoms with van der Waals surface area (Å²) < 4.78 is 0. The van der Waals surface area contributed by atoms with Gasteiger partial charge in [0.15, 0.2) is 0 Å². The van der Waals surface area contributed by atoms with Crippen molar-refractivity contribution in [1.29, 1.82) is 0 Å². The summed E-state index contributed by atoms with van der Waals surface area (Å²) in [5, 5.41) is 0. The molecule has 7 heteroatoms. The van der Waals surface area contributed by atoms with Gasteiger partial charge >= 0.3 is 0 Å². The molecule has 4 rings (SSSR count). The number of amides is 2. The molecule has 6 nitrogen and oxygen atoms in total. The molecular formula is C21H24N4O2S. The van der Waals surface area contributed by atoms with E-state index in [-0.39, 0.29) is 5.91 Å². The number of hydrogen-bond acceptors (Lipinski definition) is 5. The first-order valence-corrected chi connectivity index (χ1v) is 10.6. The Morgan fingerprint density at radius 2 is 1.86 bits per heavy atom. The monoisotopic (exact) mass is 396 g/mol. The molecular weight excluding hydrogens is 372 g/mol. The Morgan fingerprint density at radius 1 is 1.07 bits per heavy atom. The standard InChI is InChI=1S/C21H24N4O2S/c22-20(27)18-5-2-8-23-21(18)25-11-9-24(10-12-25)19(26)14-28-17-7-6-15-3-1-4-16(15)13-17/h2,5-8,13H,1,3-4,9-12,14H2,(H2,22,27). The number of piperazine rings is 1. The number of benzene rings is 1. The normalized spacial score (nSPS) is 16.1. The van der Waals surface area contributed by atoms with E-state index in [2.05, 4.69) is 23.2 Å². The third-order valence-corrected chi connectivity index (χ3v) is 6.39. The number of nitrogens with zero attached hydrogens (tertiary/aromatic N) is 3. The Kier molecular flexibility index (Phi) is 5.52. The number of aryl methyl sites for hydroxylation is 2. The predicted octanol–water partition coefficient (Wildman–Crippen LogP) is 2.11. The lowest BCUT2D eigenvalue weighted by molar-refractivity contribution is -0.128. The van der Waals surface area contributed by atoms with Gasteiger partial charge in [-0.3, -0.25) is 9.59 Å². The van der Waals surface area contributed by atoms with Crippen LogP contribution in [0.2, 0.25) is 0 Å².